The average Bonchev–Trinajstić information content (AvgIpc) is 2.70. The summed E-state index contributed by atoms with van der Waals surface area (Å²) in [6.45, 7) is 12.3. The van der Waals surface area contributed by atoms with Gasteiger partial charge in [0.2, 0.25) is 0 Å². The molecule has 6 heteroatoms. The lowest BCUT2D eigenvalue weighted by atomic mass is 10.1. The molecule has 30 heavy (non-hydrogen) atoms. The van der Waals surface area contributed by atoms with Gasteiger partial charge in [-0.25, -0.2) is 4.79 Å². The second-order valence-electron chi connectivity index (χ2n) is 8.79. The van der Waals surface area contributed by atoms with Gasteiger partial charge in [-0.15, -0.1) is 0 Å². The molecule has 0 aliphatic carbocycles. The molecule has 0 bridgehead atoms. The summed E-state index contributed by atoms with van der Waals surface area (Å²) < 4.78 is 11.2. The van der Waals surface area contributed by atoms with E-state index >= 15 is 0 Å². The van der Waals surface area contributed by atoms with Crippen LogP contribution in [0.1, 0.15) is 37.6 Å². The molecule has 162 valence electrons. The fourth-order valence-electron chi connectivity index (χ4n) is 3.31. The minimum absolute atomic E-state index is 0.213. The van der Waals surface area contributed by atoms with Crippen LogP contribution in [-0.4, -0.2) is 59.3 Å². The molecule has 0 spiro atoms. The van der Waals surface area contributed by atoms with Crippen LogP contribution in [-0.2, 0) is 17.7 Å². The molecule has 1 aromatic heterocycles. The quantitative estimate of drug-likeness (QED) is 0.717. The van der Waals surface area contributed by atoms with Crippen molar-refractivity contribution >= 4 is 6.09 Å². The van der Waals surface area contributed by atoms with Gasteiger partial charge in [0.25, 0.3) is 0 Å². The number of pyridine rings is 1. The van der Waals surface area contributed by atoms with Crippen molar-refractivity contribution < 1.29 is 14.3 Å². The molecule has 1 aliphatic rings. The summed E-state index contributed by atoms with van der Waals surface area (Å²) in [5.74, 6) is 0.808. The van der Waals surface area contributed by atoms with Crippen molar-refractivity contribution in [2.24, 2.45) is 0 Å². The van der Waals surface area contributed by atoms with Gasteiger partial charge >= 0.3 is 6.09 Å². The average molecular weight is 412 g/mol. The number of aromatic nitrogens is 1. The summed E-state index contributed by atoms with van der Waals surface area (Å²) in [6.07, 6.45) is 2.42. The van der Waals surface area contributed by atoms with Gasteiger partial charge < -0.3 is 14.4 Å². The third kappa shape index (κ3) is 7.02. The number of hydrogen-bond donors (Lipinski definition) is 0. The zero-order valence-corrected chi connectivity index (χ0v) is 18.6. The Morgan fingerprint density at radius 1 is 1.00 bits per heavy atom. The van der Waals surface area contributed by atoms with Crippen LogP contribution in [0.5, 0.6) is 5.75 Å². The first-order valence-corrected chi connectivity index (χ1v) is 10.6. The second kappa shape index (κ2) is 9.94. The summed E-state index contributed by atoms with van der Waals surface area (Å²) in [7, 11) is 0. The first kappa shape index (κ1) is 22.1. The Hall–Kier alpha value is -2.60. The smallest absolute Gasteiger partial charge is 0.410 e. The van der Waals surface area contributed by atoms with Crippen LogP contribution in [0.15, 0.2) is 42.6 Å². The van der Waals surface area contributed by atoms with E-state index in [9.17, 15) is 4.79 Å². The van der Waals surface area contributed by atoms with Crippen LogP contribution in [0, 0.1) is 6.92 Å². The summed E-state index contributed by atoms with van der Waals surface area (Å²) in [5, 5.41) is 0. The molecule has 3 rings (SSSR count). The van der Waals surface area contributed by atoms with Gasteiger partial charge in [-0.3, -0.25) is 9.88 Å². The van der Waals surface area contributed by atoms with Crippen molar-refractivity contribution in [1.82, 2.24) is 14.8 Å². The van der Waals surface area contributed by atoms with Crippen molar-refractivity contribution in [3.05, 3.63) is 59.4 Å². The molecule has 1 fully saturated rings. The van der Waals surface area contributed by atoms with Gasteiger partial charge in [-0.05, 0) is 51.0 Å². The molecule has 2 heterocycles. The summed E-state index contributed by atoms with van der Waals surface area (Å²) in [6, 6.07) is 12.6. The third-order valence-electron chi connectivity index (χ3n) is 5.00. The summed E-state index contributed by atoms with van der Waals surface area (Å²) in [4.78, 5) is 20.6. The van der Waals surface area contributed by atoms with E-state index in [1.807, 2.05) is 39.8 Å². The fraction of sp³-hybridized carbons (Fsp3) is 0.500. The topological polar surface area (TPSA) is 54.9 Å². The van der Waals surface area contributed by atoms with Gasteiger partial charge in [0.15, 0.2) is 0 Å². The number of hydrogen-bond acceptors (Lipinski definition) is 5. The Balaban J connectivity index is 1.39. The maximum Gasteiger partial charge on any atom is 0.410 e. The SMILES string of the molecule is Cc1ccc(OCCc2ccc(CN3CCN(C(=O)OC(C)(C)C)CC3)cc2)cn1. The highest BCUT2D eigenvalue weighted by atomic mass is 16.6. The number of ether oxygens (including phenoxy) is 2. The van der Waals surface area contributed by atoms with E-state index in [1.165, 1.54) is 11.1 Å². The summed E-state index contributed by atoms with van der Waals surface area (Å²) >= 11 is 0. The zero-order chi connectivity index (χ0) is 21.6. The molecule has 6 nitrogen and oxygen atoms in total. The van der Waals surface area contributed by atoms with Crippen LogP contribution in [0.3, 0.4) is 0 Å². The molecule has 0 atom stereocenters. The van der Waals surface area contributed by atoms with E-state index in [-0.39, 0.29) is 6.09 Å². The number of piperazine rings is 1. The lowest BCUT2D eigenvalue weighted by Gasteiger charge is -2.35. The van der Waals surface area contributed by atoms with E-state index in [4.69, 9.17) is 9.47 Å². The molecule has 0 N–H and O–H groups in total. The third-order valence-corrected chi connectivity index (χ3v) is 5.00. The van der Waals surface area contributed by atoms with E-state index in [1.54, 1.807) is 11.1 Å². The minimum Gasteiger partial charge on any atom is -0.492 e. The molecule has 0 radical (unpaired) electrons. The number of nitrogens with zero attached hydrogens (tertiary/aromatic N) is 3. The van der Waals surface area contributed by atoms with Crippen molar-refractivity contribution in [2.45, 2.75) is 46.3 Å². The summed E-state index contributed by atoms with van der Waals surface area (Å²) in [5.41, 5.74) is 3.09. The van der Waals surface area contributed by atoms with Crippen molar-refractivity contribution in [1.29, 1.82) is 0 Å². The Kier molecular flexibility index (Phi) is 7.32. The highest BCUT2D eigenvalue weighted by molar-refractivity contribution is 5.68. The zero-order valence-electron chi connectivity index (χ0n) is 18.6. The molecule has 0 saturated carbocycles. The lowest BCUT2D eigenvalue weighted by molar-refractivity contribution is 0.0139. The van der Waals surface area contributed by atoms with E-state index in [0.29, 0.717) is 19.7 Å². The molecule has 1 aliphatic heterocycles. The van der Waals surface area contributed by atoms with Gasteiger partial charge in [-0.2, -0.15) is 0 Å². The first-order valence-electron chi connectivity index (χ1n) is 10.6. The number of rotatable bonds is 6. The van der Waals surface area contributed by atoms with Gasteiger partial charge in [0, 0.05) is 44.8 Å². The van der Waals surface area contributed by atoms with Gasteiger partial charge in [-0.1, -0.05) is 24.3 Å². The predicted octanol–water partition coefficient (Wildman–Crippen LogP) is 4.06. The number of aryl methyl sites for hydroxylation is 1. The molecule has 1 saturated heterocycles. The van der Waals surface area contributed by atoms with Crippen molar-refractivity contribution in [3.8, 4) is 5.75 Å². The molecule has 1 aromatic carbocycles. The Labute approximate surface area is 179 Å². The standard InChI is InChI=1S/C24H33N3O3/c1-19-5-10-22(17-25-19)29-16-11-20-6-8-21(9-7-20)18-26-12-14-27(15-13-26)23(28)30-24(2,3)4/h5-10,17H,11-16,18H2,1-4H3. The Morgan fingerprint density at radius 2 is 1.67 bits per heavy atom. The Morgan fingerprint density at radius 3 is 2.27 bits per heavy atom. The number of carbonyl (C=O) groups is 1. The predicted molar refractivity (Wildman–Crippen MR) is 118 cm³/mol. The maximum absolute atomic E-state index is 12.2. The first-order chi connectivity index (χ1) is 14.3. The van der Waals surface area contributed by atoms with Crippen molar-refractivity contribution in [2.75, 3.05) is 32.8 Å². The highest BCUT2D eigenvalue weighted by Gasteiger charge is 2.25. The maximum atomic E-state index is 12.2. The normalized spacial score (nSPS) is 15.1. The van der Waals surface area contributed by atoms with E-state index in [2.05, 4.69) is 34.1 Å². The highest BCUT2D eigenvalue weighted by Crippen LogP contribution is 2.15. The number of amides is 1. The van der Waals surface area contributed by atoms with Gasteiger partial charge in [0.05, 0.1) is 12.8 Å². The molecule has 1 amide bonds. The molecular weight excluding hydrogens is 378 g/mol. The van der Waals surface area contributed by atoms with Crippen LogP contribution >= 0.6 is 0 Å². The van der Waals surface area contributed by atoms with E-state index < -0.39 is 5.60 Å². The van der Waals surface area contributed by atoms with Gasteiger partial charge in [0.1, 0.15) is 11.4 Å². The number of carbonyl (C=O) groups excluding carboxylic acids is 1. The van der Waals surface area contributed by atoms with Crippen LogP contribution < -0.4 is 4.74 Å². The number of benzene rings is 1. The van der Waals surface area contributed by atoms with Crippen LogP contribution in [0.2, 0.25) is 0 Å². The lowest BCUT2D eigenvalue weighted by Crippen LogP contribution is -2.49. The molecule has 0 unspecified atom stereocenters. The minimum atomic E-state index is -0.446. The monoisotopic (exact) mass is 411 g/mol. The van der Waals surface area contributed by atoms with E-state index in [0.717, 1.165) is 37.5 Å². The molecule has 2 aromatic rings. The largest absolute Gasteiger partial charge is 0.492 e. The fourth-order valence-corrected chi connectivity index (χ4v) is 3.31. The second-order valence-corrected chi connectivity index (χ2v) is 8.79. The van der Waals surface area contributed by atoms with Crippen LogP contribution in [0.25, 0.3) is 0 Å². The van der Waals surface area contributed by atoms with Crippen LogP contribution in [0.4, 0.5) is 4.79 Å². The molecular formula is C24H33N3O3. The Bertz CT molecular complexity index is 805. The van der Waals surface area contributed by atoms with Crippen molar-refractivity contribution in [3.63, 3.8) is 0 Å².